The van der Waals surface area contributed by atoms with Crippen LogP contribution in [-0.4, -0.2) is 4.33 Å². The zero-order valence-corrected chi connectivity index (χ0v) is 5.89. The molecule has 0 N–H and O–H groups in total. The predicted octanol–water partition coefficient (Wildman–Crippen LogP) is 2.79. The van der Waals surface area contributed by atoms with Crippen LogP contribution < -0.4 is 0 Å². The first-order valence-electron chi connectivity index (χ1n) is 2.29. The Labute approximate surface area is 54.8 Å². The van der Waals surface area contributed by atoms with Crippen LogP contribution in [0.2, 0.25) is 0 Å². The number of halogens is 2. The van der Waals surface area contributed by atoms with Gasteiger partial charge in [0.05, 0.1) is 0 Å². The van der Waals surface area contributed by atoms with Gasteiger partial charge in [0.2, 0.25) is 0 Å². The fourth-order valence-electron chi connectivity index (χ4n) is 0.177. The maximum absolute atomic E-state index is 5.61. The Morgan fingerprint density at radius 1 is 1.57 bits per heavy atom. The van der Waals surface area contributed by atoms with Gasteiger partial charge >= 0.3 is 0 Å². The molecule has 0 bridgehead atoms. The topological polar surface area (TPSA) is 0 Å². The van der Waals surface area contributed by atoms with Crippen molar-refractivity contribution in [1.82, 2.24) is 0 Å². The fraction of sp³-hybridized carbons (Fsp3) is 0.800. The molecule has 0 nitrogen and oxygen atoms in total. The monoisotopic (exact) mass is 139 g/mol. The molecule has 0 unspecified atom stereocenters. The molecule has 0 aliphatic carbocycles. The summed E-state index contributed by atoms with van der Waals surface area (Å²) in [5.41, 5.74) is 0. The van der Waals surface area contributed by atoms with Crippen LogP contribution in [0.5, 0.6) is 0 Å². The van der Waals surface area contributed by atoms with E-state index in [1.54, 1.807) is 0 Å². The highest BCUT2D eigenvalue weighted by atomic mass is 35.5. The molecule has 2 heteroatoms. The van der Waals surface area contributed by atoms with E-state index in [4.69, 9.17) is 23.2 Å². The van der Waals surface area contributed by atoms with Gasteiger partial charge in [-0.2, -0.15) is 0 Å². The summed E-state index contributed by atoms with van der Waals surface area (Å²) in [4.78, 5) is 0. The molecule has 0 aliphatic rings. The second-order valence-electron chi connectivity index (χ2n) is 1.46. The van der Waals surface area contributed by atoms with E-state index < -0.39 is 4.33 Å². The molecule has 0 aliphatic heterocycles. The molecule has 0 rings (SSSR count). The minimum atomic E-state index is -0.583. The van der Waals surface area contributed by atoms with Gasteiger partial charge in [0.25, 0.3) is 0 Å². The standard InChI is InChI=1S/C5H9Cl2/c1-3-5(6,7)4-2/h1,3-4H2,2H3. The maximum atomic E-state index is 5.61. The third-order valence-electron chi connectivity index (χ3n) is 0.883. The lowest BCUT2D eigenvalue weighted by molar-refractivity contribution is 0.752. The Balaban J connectivity index is 3.36. The summed E-state index contributed by atoms with van der Waals surface area (Å²) >= 11 is 11.2. The first-order valence-corrected chi connectivity index (χ1v) is 3.05. The minimum Gasteiger partial charge on any atom is -0.102 e. The lowest BCUT2D eigenvalue weighted by Crippen LogP contribution is -2.07. The van der Waals surface area contributed by atoms with Crippen molar-refractivity contribution < 1.29 is 0 Å². The number of rotatable bonds is 2. The van der Waals surface area contributed by atoms with Gasteiger partial charge in [-0.05, 0) is 12.8 Å². The molecule has 0 heterocycles. The van der Waals surface area contributed by atoms with Gasteiger partial charge in [0, 0.05) is 0 Å². The van der Waals surface area contributed by atoms with Crippen LogP contribution in [0.4, 0.5) is 0 Å². The molecule has 0 aromatic rings. The quantitative estimate of drug-likeness (QED) is 0.517. The summed E-state index contributed by atoms with van der Waals surface area (Å²) in [5, 5.41) is 0. The number of alkyl halides is 2. The van der Waals surface area contributed by atoms with E-state index in [2.05, 4.69) is 6.92 Å². The SMILES string of the molecule is [CH2]CC(Cl)(Cl)CC. The van der Waals surface area contributed by atoms with Crippen LogP contribution in [0.1, 0.15) is 19.8 Å². The van der Waals surface area contributed by atoms with Gasteiger partial charge in [0.1, 0.15) is 4.33 Å². The molecule has 43 valence electrons. The van der Waals surface area contributed by atoms with Crippen molar-refractivity contribution in [3.8, 4) is 0 Å². The van der Waals surface area contributed by atoms with Crippen molar-refractivity contribution in [3.05, 3.63) is 6.92 Å². The zero-order chi connectivity index (χ0) is 5.91. The van der Waals surface area contributed by atoms with Crippen molar-refractivity contribution in [2.24, 2.45) is 0 Å². The Morgan fingerprint density at radius 2 is 2.00 bits per heavy atom. The molecule has 0 amide bonds. The maximum Gasteiger partial charge on any atom is 0.118 e. The van der Waals surface area contributed by atoms with E-state index in [9.17, 15) is 0 Å². The summed E-state index contributed by atoms with van der Waals surface area (Å²) in [6.07, 6.45) is 1.34. The summed E-state index contributed by atoms with van der Waals surface area (Å²) in [6.45, 7) is 5.50. The highest BCUT2D eigenvalue weighted by Crippen LogP contribution is 2.27. The highest BCUT2D eigenvalue weighted by molar-refractivity contribution is 6.48. The molecule has 7 heavy (non-hydrogen) atoms. The molecule has 0 saturated carbocycles. The van der Waals surface area contributed by atoms with Crippen LogP contribution in [0.3, 0.4) is 0 Å². The number of hydrogen-bond acceptors (Lipinski definition) is 0. The molecule has 0 atom stereocenters. The van der Waals surface area contributed by atoms with E-state index >= 15 is 0 Å². The van der Waals surface area contributed by atoms with Crippen molar-refractivity contribution in [1.29, 1.82) is 0 Å². The van der Waals surface area contributed by atoms with Crippen molar-refractivity contribution in [3.63, 3.8) is 0 Å². The third kappa shape index (κ3) is 3.19. The lowest BCUT2D eigenvalue weighted by Gasteiger charge is -2.12. The summed E-state index contributed by atoms with van der Waals surface area (Å²) < 4.78 is -0.583. The van der Waals surface area contributed by atoms with Crippen LogP contribution in [0.25, 0.3) is 0 Å². The van der Waals surface area contributed by atoms with Gasteiger partial charge in [-0.3, -0.25) is 0 Å². The molecular weight excluding hydrogens is 131 g/mol. The van der Waals surface area contributed by atoms with Crippen LogP contribution in [0, 0.1) is 6.92 Å². The van der Waals surface area contributed by atoms with E-state index in [1.165, 1.54) is 0 Å². The van der Waals surface area contributed by atoms with Gasteiger partial charge < -0.3 is 0 Å². The third-order valence-corrected chi connectivity index (χ3v) is 1.80. The van der Waals surface area contributed by atoms with Gasteiger partial charge in [-0.25, -0.2) is 0 Å². The average Bonchev–Trinajstić information content (AvgIpc) is 1.68. The predicted molar refractivity (Wildman–Crippen MR) is 34.7 cm³/mol. The Hall–Kier alpha value is 0.580. The van der Waals surface area contributed by atoms with E-state index in [0.717, 1.165) is 6.42 Å². The van der Waals surface area contributed by atoms with Gasteiger partial charge in [-0.15, -0.1) is 23.2 Å². The molecular formula is C5H9Cl2. The largest absolute Gasteiger partial charge is 0.118 e. The first-order chi connectivity index (χ1) is 3.12. The molecule has 0 aromatic heterocycles. The fourth-order valence-corrected chi connectivity index (χ4v) is 0.177. The first kappa shape index (κ1) is 7.58. The zero-order valence-electron chi connectivity index (χ0n) is 4.38. The Bertz CT molecular complexity index is 44.0. The molecule has 0 spiro atoms. The Morgan fingerprint density at radius 3 is 2.00 bits per heavy atom. The number of hydrogen-bond donors (Lipinski definition) is 0. The summed E-state index contributed by atoms with van der Waals surface area (Å²) in [7, 11) is 0. The molecule has 0 aromatic carbocycles. The van der Waals surface area contributed by atoms with Gasteiger partial charge in [-0.1, -0.05) is 13.8 Å². The van der Waals surface area contributed by atoms with Crippen LogP contribution in [0.15, 0.2) is 0 Å². The minimum absolute atomic E-state index is 0.576. The van der Waals surface area contributed by atoms with E-state index in [-0.39, 0.29) is 0 Å². The van der Waals surface area contributed by atoms with Crippen molar-refractivity contribution in [2.75, 3.05) is 0 Å². The van der Waals surface area contributed by atoms with Crippen molar-refractivity contribution in [2.45, 2.75) is 24.1 Å². The normalized spacial score (nSPS) is 12.0. The second kappa shape index (κ2) is 2.78. The molecule has 0 fully saturated rings. The highest BCUT2D eigenvalue weighted by Gasteiger charge is 2.16. The van der Waals surface area contributed by atoms with E-state index in [0.29, 0.717) is 6.42 Å². The smallest absolute Gasteiger partial charge is 0.102 e. The van der Waals surface area contributed by atoms with E-state index in [1.807, 2.05) is 6.92 Å². The van der Waals surface area contributed by atoms with Crippen LogP contribution >= 0.6 is 23.2 Å². The summed E-state index contributed by atoms with van der Waals surface area (Å²) in [6, 6.07) is 0. The Kier molecular flexibility index (Phi) is 3.01. The molecule has 0 saturated heterocycles. The average molecular weight is 140 g/mol. The van der Waals surface area contributed by atoms with Crippen molar-refractivity contribution >= 4 is 23.2 Å². The molecule has 1 radical (unpaired) electrons. The second-order valence-corrected chi connectivity index (χ2v) is 3.10. The van der Waals surface area contributed by atoms with Gasteiger partial charge in [0.15, 0.2) is 0 Å². The summed E-state index contributed by atoms with van der Waals surface area (Å²) in [5.74, 6) is 0. The lowest BCUT2D eigenvalue weighted by atomic mass is 10.3. The van der Waals surface area contributed by atoms with Crippen LogP contribution in [-0.2, 0) is 0 Å².